The van der Waals surface area contributed by atoms with Crippen LogP contribution in [-0.4, -0.2) is 46.1 Å². The van der Waals surface area contributed by atoms with Crippen molar-refractivity contribution < 1.29 is 0 Å². The topological polar surface area (TPSA) is 58.0 Å². The Morgan fingerprint density at radius 3 is 2.68 bits per heavy atom. The quantitative estimate of drug-likeness (QED) is 0.857. The first-order valence-corrected chi connectivity index (χ1v) is 7.80. The lowest BCUT2D eigenvalue weighted by atomic mass is 10.1. The molecule has 1 saturated carbocycles. The molecule has 114 valence electrons. The molecule has 22 heavy (non-hydrogen) atoms. The van der Waals surface area contributed by atoms with Gasteiger partial charge in [0, 0.05) is 50.2 Å². The van der Waals surface area contributed by atoms with Crippen LogP contribution in [0.15, 0.2) is 24.7 Å². The van der Waals surface area contributed by atoms with E-state index in [-0.39, 0.29) is 0 Å². The molecule has 0 aromatic carbocycles. The Bertz CT molecular complexity index is 664. The highest BCUT2D eigenvalue weighted by molar-refractivity contribution is 5.47. The van der Waals surface area contributed by atoms with Crippen molar-refractivity contribution >= 4 is 11.6 Å². The number of hydrogen-bond acceptors (Lipinski definition) is 6. The van der Waals surface area contributed by atoms with Crippen LogP contribution in [0.3, 0.4) is 0 Å². The maximum absolute atomic E-state index is 4.76. The van der Waals surface area contributed by atoms with E-state index in [4.69, 9.17) is 4.98 Å². The van der Waals surface area contributed by atoms with Gasteiger partial charge in [-0.25, -0.2) is 15.0 Å². The zero-order chi connectivity index (χ0) is 15.1. The molecule has 0 spiro atoms. The molecule has 1 aliphatic heterocycles. The highest BCUT2D eigenvalue weighted by Crippen LogP contribution is 2.38. The molecule has 4 rings (SSSR count). The van der Waals surface area contributed by atoms with Crippen LogP contribution in [0.4, 0.5) is 11.6 Å². The van der Waals surface area contributed by atoms with Gasteiger partial charge in [0.05, 0.1) is 12.2 Å². The van der Waals surface area contributed by atoms with Crippen LogP contribution in [0.25, 0.3) is 0 Å². The SMILES string of the molecule is Cc1cc(N(C)C2CN(c3cnccn3)C2)nc(C2CC2)n1. The molecular formula is C16H20N6. The van der Waals surface area contributed by atoms with E-state index in [1.54, 1.807) is 12.4 Å². The van der Waals surface area contributed by atoms with Gasteiger partial charge in [-0.1, -0.05) is 0 Å². The number of likely N-dealkylation sites (N-methyl/N-ethyl adjacent to an activating group) is 1. The van der Waals surface area contributed by atoms with Gasteiger partial charge in [0.2, 0.25) is 0 Å². The maximum atomic E-state index is 4.76. The number of anilines is 2. The maximum Gasteiger partial charge on any atom is 0.147 e. The van der Waals surface area contributed by atoms with Gasteiger partial charge in [0.25, 0.3) is 0 Å². The Morgan fingerprint density at radius 2 is 2.00 bits per heavy atom. The second kappa shape index (κ2) is 5.19. The average Bonchev–Trinajstić information content (AvgIpc) is 3.31. The second-order valence-electron chi connectivity index (χ2n) is 6.23. The monoisotopic (exact) mass is 296 g/mol. The van der Waals surface area contributed by atoms with Gasteiger partial charge in [-0.15, -0.1) is 0 Å². The number of rotatable bonds is 4. The lowest BCUT2D eigenvalue weighted by molar-refractivity contribution is 0.488. The molecule has 0 amide bonds. The lowest BCUT2D eigenvalue weighted by Crippen LogP contribution is -2.59. The molecule has 1 saturated heterocycles. The molecule has 6 nitrogen and oxygen atoms in total. The van der Waals surface area contributed by atoms with Crippen molar-refractivity contribution in [3.8, 4) is 0 Å². The van der Waals surface area contributed by atoms with Crippen LogP contribution < -0.4 is 9.80 Å². The zero-order valence-corrected chi connectivity index (χ0v) is 13.0. The molecule has 6 heteroatoms. The summed E-state index contributed by atoms with van der Waals surface area (Å²) in [5.74, 6) is 3.60. The molecule has 2 fully saturated rings. The predicted molar refractivity (Wildman–Crippen MR) is 85.2 cm³/mol. The van der Waals surface area contributed by atoms with E-state index in [0.717, 1.165) is 36.2 Å². The lowest BCUT2D eigenvalue weighted by Gasteiger charge is -2.44. The van der Waals surface area contributed by atoms with E-state index in [2.05, 4.69) is 44.8 Å². The highest BCUT2D eigenvalue weighted by atomic mass is 15.3. The van der Waals surface area contributed by atoms with E-state index >= 15 is 0 Å². The predicted octanol–water partition coefficient (Wildman–Crippen LogP) is 1.78. The first-order valence-electron chi connectivity index (χ1n) is 7.80. The molecule has 0 N–H and O–H groups in total. The van der Waals surface area contributed by atoms with Crippen LogP contribution in [0, 0.1) is 6.92 Å². The third kappa shape index (κ3) is 2.49. The molecule has 2 aromatic heterocycles. The summed E-state index contributed by atoms with van der Waals surface area (Å²) in [6.07, 6.45) is 7.72. The van der Waals surface area contributed by atoms with Crippen molar-refractivity contribution in [3.05, 3.63) is 36.2 Å². The number of aromatic nitrogens is 4. The number of aryl methyl sites for hydroxylation is 1. The zero-order valence-electron chi connectivity index (χ0n) is 13.0. The van der Waals surface area contributed by atoms with Crippen LogP contribution in [0.1, 0.15) is 30.3 Å². The van der Waals surface area contributed by atoms with Crippen molar-refractivity contribution in [1.29, 1.82) is 0 Å². The van der Waals surface area contributed by atoms with Gasteiger partial charge in [0.15, 0.2) is 0 Å². The van der Waals surface area contributed by atoms with Gasteiger partial charge in [-0.3, -0.25) is 4.98 Å². The Kier molecular flexibility index (Phi) is 3.17. The largest absolute Gasteiger partial charge is 0.353 e. The van der Waals surface area contributed by atoms with Crippen LogP contribution in [0.2, 0.25) is 0 Å². The fourth-order valence-corrected chi connectivity index (χ4v) is 2.81. The minimum Gasteiger partial charge on any atom is -0.353 e. The van der Waals surface area contributed by atoms with Crippen molar-refractivity contribution in [2.75, 3.05) is 29.9 Å². The molecule has 1 aliphatic carbocycles. The standard InChI is InChI=1S/C16H20N6/c1-11-7-14(20-16(19-11)12-3-4-12)21(2)13-9-22(10-13)15-8-17-5-6-18-15/h5-8,12-13H,3-4,9-10H2,1-2H3. The summed E-state index contributed by atoms with van der Waals surface area (Å²) in [6.45, 7) is 3.96. The molecule has 0 bridgehead atoms. The molecular weight excluding hydrogens is 276 g/mol. The van der Waals surface area contributed by atoms with Gasteiger partial charge in [-0.05, 0) is 19.8 Å². The summed E-state index contributed by atoms with van der Waals surface area (Å²) in [6, 6.07) is 2.54. The molecule has 0 radical (unpaired) electrons. The Labute approximate surface area is 130 Å². The Morgan fingerprint density at radius 1 is 1.18 bits per heavy atom. The van der Waals surface area contributed by atoms with E-state index in [9.17, 15) is 0 Å². The van der Waals surface area contributed by atoms with Crippen molar-refractivity contribution in [1.82, 2.24) is 19.9 Å². The number of nitrogens with zero attached hydrogens (tertiary/aromatic N) is 6. The van der Waals surface area contributed by atoms with Crippen molar-refractivity contribution in [2.24, 2.45) is 0 Å². The molecule has 3 heterocycles. The smallest absolute Gasteiger partial charge is 0.147 e. The first kappa shape index (κ1) is 13.4. The number of hydrogen-bond donors (Lipinski definition) is 0. The first-order chi connectivity index (χ1) is 10.7. The van der Waals surface area contributed by atoms with E-state index < -0.39 is 0 Å². The molecule has 0 atom stereocenters. The fourth-order valence-electron chi connectivity index (χ4n) is 2.81. The fraction of sp³-hybridized carbons (Fsp3) is 0.500. The average molecular weight is 296 g/mol. The Hall–Kier alpha value is -2.24. The van der Waals surface area contributed by atoms with Crippen LogP contribution >= 0.6 is 0 Å². The summed E-state index contributed by atoms with van der Waals surface area (Å²) in [4.78, 5) is 22.3. The molecule has 2 aliphatic rings. The van der Waals surface area contributed by atoms with Crippen LogP contribution in [0.5, 0.6) is 0 Å². The van der Waals surface area contributed by atoms with E-state index in [0.29, 0.717) is 12.0 Å². The van der Waals surface area contributed by atoms with Gasteiger partial charge < -0.3 is 9.80 Å². The van der Waals surface area contributed by atoms with Gasteiger partial charge in [-0.2, -0.15) is 0 Å². The molecule has 2 aromatic rings. The summed E-state index contributed by atoms with van der Waals surface area (Å²) in [7, 11) is 2.12. The van der Waals surface area contributed by atoms with Gasteiger partial charge in [0.1, 0.15) is 17.5 Å². The minimum absolute atomic E-state index is 0.461. The third-order valence-corrected chi connectivity index (χ3v) is 4.45. The normalized spacial score (nSPS) is 18.2. The van der Waals surface area contributed by atoms with Crippen LogP contribution in [-0.2, 0) is 0 Å². The highest BCUT2D eigenvalue weighted by Gasteiger charge is 2.33. The summed E-state index contributed by atoms with van der Waals surface area (Å²) < 4.78 is 0. The van der Waals surface area contributed by atoms with E-state index in [1.807, 2.05) is 6.20 Å². The minimum atomic E-state index is 0.461. The Balaban J connectivity index is 1.46. The third-order valence-electron chi connectivity index (χ3n) is 4.45. The molecule has 0 unspecified atom stereocenters. The van der Waals surface area contributed by atoms with Crippen molar-refractivity contribution in [3.63, 3.8) is 0 Å². The van der Waals surface area contributed by atoms with Crippen molar-refractivity contribution in [2.45, 2.75) is 31.7 Å². The van der Waals surface area contributed by atoms with E-state index in [1.165, 1.54) is 12.8 Å². The van der Waals surface area contributed by atoms with Gasteiger partial charge >= 0.3 is 0 Å². The summed E-state index contributed by atoms with van der Waals surface area (Å²) in [5.41, 5.74) is 1.06. The summed E-state index contributed by atoms with van der Waals surface area (Å²) >= 11 is 0. The summed E-state index contributed by atoms with van der Waals surface area (Å²) in [5, 5.41) is 0. The second-order valence-corrected chi connectivity index (χ2v) is 6.23.